The molecule has 5 nitrogen and oxygen atoms in total. The number of hydrogen-bond donors (Lipinski definition) is 0. The first-order valence-electron chi connectivity index (χ1n) is 9.83. The van der Waals surface area contributed by atoms with Gasteiger partial charge in [-0.05, 0) is 49.2 Å². The Kier molecular flexibility index (Phi) is 5.53. The van der Waals surface area contributed by atoms with Gasteiger partial charge in [-0.1, -0.05) is 23.7 Å². The third kappa shape index (κ3) is 3.85. The number of carbonyl (C=O) groups excluding carboxylic acids is 2. The van der Waals surface area contributed by atoms with Gasteiger partial charge in [0, 0.05) is 50.4 Å². The third-order valence-corrected chi connectivity index (χ3v) is 5.83. The fraction of sp³-hybridized carbons (Fsp3) is 0.364. The van der Waals surface area contributed by atoms with Crippen LogP contribution in [0, 0.1) is 0 Å². The predicted octanol–water partition coefficient (Wildman–Crippen LogP) is 3.82. The van der Waals surface area contributed by atoms with Gasteiger partial charge in [0.15, 0.2) is 0 Å². The van der Waals surface area contributed by atoms with Gasteiger partial charge in [-0.15, -0.1) is 0 Å². The number of piperidine rings is 1. The highest BCUT2D eigenvalue weighted by Crippen LogP contribution is 2.26. The van der Waals surface area contributed by atoms with Gasteiger partial charge in [0.1, 0.15) is 0 Å². The van der Waals surface area contributed by atoms with Gasteiger partial charge in [0.05, 0.1) is 10.7 Å². The van der Waals surface area contributed by atoms with E-state index >= 15 is 0 Å². The molecule has 2 fully saturated rings. The summed E-state index contributed by atoms with van der Waals surface area (Å²) in [6, 6.07) is 15.2. The molecule has 0 bridgehead atoms. The van der Waals surface area contributed by atoms with E-state index in [0.29, 0.717) is 25.1 Å². The number of halogens is 1. The number of carbonyl (C=O) groups is 2. The number of piperazine rings is 1. The second-order valence-electron chi connectivity index (χ2n) is 7.28. The van der Waals surface area contributed by atoms with Crippen molar-refractivity contribution in [3.63, 3.8) is 0 Å². The van der Waals surface area contributed by atoms with Crippen LogP contribution in [0.1, 0.15) is 29.6 Å². The molecule has 2 aromatic carbocycles. The highest BCUT2D eigenvalue weighted by Gasteiger charge is 2.24. The van der Waals surface area contributed by atoms with Crippen molar-refractivity contribution < 1.29 is 9.59 Å². The number of benzene rings is 2. The molecule has 6 heteroatoms. The van der Waals surface area contributed by atoms with Gasteiger partial charge in [-0.3, -0.25) is 9.59 Å². The van der Waals surface area contributed by atoms with Crippen molar-refractivity contribution in [1.82, 2.24) is 4.90 Å². The van der Waals surface area contributed by atoms with Crippen LogP contribution in [0.25, 0.3) is 0 Å². The first kappa shape index (κ1) is 18.8. The Hall–Kier alpha value is -2.53. The molecule has 0 unspecified atom stereocenters. The van der Waals surface area contributed by atoms with Gasteiger partial charge >= 0.3 is 0 Å². The summed E-state index contributed by atoms with van der Waals surface area (Å²) in [5, 5.41) is 0.741. The molecular weight excluding hydrogens is 374 g/mol. The Balaban J connectivity index is 1.39. The lowest BCUT2D eigenvalue weighted by atomic mass is 10.1. The monoisotopic (exact) mass is 397 g/mol. The van der Waals surface area contributed by atoms with Crippen molar-refractivity contribution in [1.29, 1.82) is 0 Å². The Labute approximate surface area is 170 Å². The first-order chi connectivity index (χ1) is 13.6. The second kappa shape index (κ2) is 8.23. The molecule has 2 saturated heterocycles. The van der Waals surface area contributed by atoms with Crippen LogP contribution in [0.2, 0.25) is 5.02 Å². The summed E-state index contributed by atoms with van der Waals surface area (Å²) in [6.45, 7) is 3.61. The fourth-order valence-electron chi connectivity index (χ4n) is 3.90. The summed E-state index contributed by atoms with van der Waals surface area (Å²) in [5.74, 6) is 0.205. The minimum Gasteiger partial charge on any atom is -0.367 e. The molecule has 0 aromatic heterocycles. The largest absolute Gasteiger partial charge is 0.367 e. The van der Waals surface area contributed by atoms with Crippen molar-refractivity contribution in [2.75, 3.05) is 42.5 Å². The molecule has 2 aliphatic heterocycles. The number of hydrogen-bond acceptors (Lipinski definition) is 3. The van der Waals surface area contributed by atoms with E-state index < -0.39 is 0 Å². The topological polar surface area (TPSA) is 43.9 Å². The Bertz CT molecular complexity index is 860. The Morgan fingerprint density at radius 3 is 2.25 bits per heavy atom. The van der Waals surface area contributed by atoms with Crippen LogP contribution in [0.15, 0.2) is 48.5 Å². The SMILES string of the molecule is O=C(c1ccc(N2CCCCC2=O)cc1)N1CCN(c2ccccc2Cl)CC1. The number of rotatable bonds is 3. The van der Waals surface area contributed by atoms with Crippen LogP contribution in [0.3, 0.4) is 0 Å². The molecule has 0 atom stereocenters. The molecule has 2 aliphatic rings. The molecule has 2 heterocycles. The molecule has 2 aromatic rings. The zero-order valence-electron chi connectivity index (χ0n) is 15.8. The van der Waals surface area contributed by atoms with Crippen LogP contribution in [-0.2, 0) is 4.79 Å². The Morgan fingerprint density at radius 1 is 0.857 bits per heavy atom. The molecule has 0 radical (unpaired) electrons. The molecule has 0 aliphatic carbocycles. The highest BCUT2D eigenvalue weighted by molar-refractivity contribution is 6.33. The standard InChI is InChI=1S/C22H24ClN3O2/c23-19-5-1-2-6-20(19)24-13-15-25(16-14-24)22(28)17-8-10-18(11-9-17)26-12-4-3-7-21(26)27/h1-2,5-6,8-11H,3-4,7,12-16H2. The Morgan fingerprint density at radius 2 is 1.57 bits per heavy atom. The van der Waals surface area contributed by atoms with Crippen LogP contribution in [-0.4, -0.2) is 49.4 Å². The van der Waals surface area contributed by atoms with E-state index in [2.05, 4.69) is 4.90 Å². The molecule has 0 N–H and O–H groups in total. The minimum absolute atomic E-state index is 0.0373. The zero-order valence-corrected chi connectivity index (χ0v) is 16.6. The van der Waals surface area contributed by atoms with E-state index in [1.54, 1.807) is 0 Å². The lowest BCUT2D eigenvalue weighted by Gasteiger charge is -2.36. The summed E-state index contributed by atoms with van der Waals surface area (Å²) in [5.41, 5.74) is 2.57. The molecular formula is C22H24ClN3O2. The predicted molar refractivity (Wildman–Crippen MR) is 112 cm³/mol. The van der Waals surface area contributed by atoms with E-state index in [1.807, 2.05) is 58.3 Å². The van der Waals surface area contributed by atoms with Crippen molar-refractivity contribution in [2.24, 2.45) is 0 Å². The number of nitrogens with zero attached hydrogens (tertiary/aromatic N) is 3. The van der Waals surface area contributed by atoms with E-state index in [1.165, 1.54) is 0 Å². The molecule has 146 valence electrons. The molecule has 4 rings (SSSR count). The van der Waals surface area contributed by atoms with Gasteiger partial charge < -0.3 is 14.7 Å². The average molecular weight is 398 g/mol. The summed E-state index contributed by atoms with van der Waals surface area (Å²) in [4.78, 5) is 30.9. The molecule has 0 spiro atoms. The lowest BCUT2D eigenvalue weighted by Crippen LogP contribution is -2.48. The summed E-state index contributed by atoms with van der Waals surface area (Å²) in [7, 11) is 0. The van der Waals surface area contributed by atoms with Crippen LogP contribution in [0.4, 0.5) is 11.4 Å². The van der Waals surface area contributed by atoms with Crippen molar-refractivity contribution in [3.05, 3.63) is 59.1 Å². The molecule has 2 amide bonds. The van der Waals surface area contributed by atoms with E-state index in [0.717, 1.165) is 48.9 Å². The van der Waals surface area contributed by atoms with E-state index in [9.17, 15) is 9.59 Å². The number of anilines is 2. The van der Waals surface area contributed by atoms with Gasteiger partial charge in [0.2, 0.25) is 5.91 Å². The van der Waals surface area contributed by atoms with E-state index in [4.69, 9.17) is 11.6 Å². The number of para-hydroxylation sites is 1. The third-order valence-electron chi connectivity index (χ3n) is 5.51. The maximum atomic E-state index is 12.9. The summed E-state index contributed by atoms with van der Waals surface area (Å²) in [6.07, 6.45) is 2.60. The van der Waals surface area contributed by atoms with Gasteiger partial charge in [0.25, 0.3) is 5.91 Å². The molecule has 0 saturated carbocycles. The fourth-order valence-corrected chi connectivity index (χ4v) is 4.16. The smallest absolute Gasteiger partial charge is 0.253 e. The molecule has 28 heavy (non-hydrogen) atoms. The van der Waals surface area contributed by atoms with Crippen LogP contribution < -0.4 is 9.80 Å². The summed E-state index contributed by atoms with van der Waals surface area (Å²) < 4.78 is 0. The second-order valence-corrected chi connectivity index (χ2v) is 7.69. The van der Waals surface area contributed by atoms with Gasteiger partial charge in [-0.25, -0.2) is 0 Å². The number of amides is 2. The van der Waals surface area contributed by atoms with Crippen LogP contribution in [0.5, 0.6) is 0 Å². The maximum Gasteiger partial charge on any atom is 0.253 e. The summed E-state index contributed by atoms with van der Waals surface area (Å²) >= 11 is 6.29. The van der Waals surface area contributed by atoms with Crippen molar-refractivity contribution >= 4 is 34.8 Å². The zero-order chi connectivity index (χ0) is 19.5. The lowest BCUT2D eigenvalue weighted by molar-refractivity contribution is -0.119. The quantitative estimate of drug-likeness (QED) is 0.790. The van der Waals surface area contributed by atoms with Gasteiger partial charge in [-0.2, -0.15) is 0 Å². The van der Waals surface area contributed by atoms with Crippen molar-refractivity contribution in [2.45, 2.75) is 19.3 Å². The minimum atomic E-state index is 0.0373. The average Bonchev–Trinajstić information content (AvgIpc) is 2.74. The highest BCUT2D eigenvalue weighted by atomic mass is 35.5. The normalized spacial score (nSPS) is 17.8. The van der Waals surface area contributed by atoms with E-state index in [-0.39, 0.29) is 11.8 Å². The van der Waals surface area contributed by atoms with Crippen molar-refractivity contribution in [3.8, 4) is 0 Å². The van der Waals surface area contributed by atoms with Crippen LogP contribution >= 0.6 is 11.6 Å². The first-order valence-corrected chi connectivity index (χ1v) is 10.2. The maximum absolute atomic E-state index is 12.9.